The summed E-state index contributed by atoms with van der Waals surface area (Å²) in [6.45, 7) is 2.15. The molecule has 0 saturated carbocycles. The van der Waals surface area contributed by atoms with Crippen LogP contribution in [0.15, 0.2) is 42.7 Å². The molecule has 0 radical (unpaired) electrons. The van der Waals surface area contributed by atoms with Crippen LogP contribution in [-0.2, 0) is 4.79 Å². The van der Waals surface area contributed by atoms with Crippen molar-refractivity contribution in [3.63, 3.8) is 0 Å². The van der Waals surface area contributed by atoms with Crippen molar-refractivity contribution in [1.29, 1.82) is 0 Å². The number of para-hydroxylation sites is 1. The van der Waals surface area contributed by atoms with Crippen molar-refractivity contribution in [1.82, 2.24) is 14.9 Å². The van der Waals surface area contributed by atoms with Gasteiger partial charge in [-0.05, 0) is 25.0 Å². The van der Waals surface area contributed by atoms with E-state index in [-0.39, 0.29) is 5.91 Å². The third-order valence-corrected chi connectivity index (χ3v) is 4.15. The van der Waals surface area contributed by atoms with Crippen LogP contribution in [0, 0.1) is 0 Å². The van der Waals surface area contributed by atoms with Gasteiger partial charge in [-0.3, -0.25) is 14.7 Å². The van der Waals surface area contributed by atoms with Gasteiger partial charge in [-0.15, -0.1) is 0 Å². The van der Waals surface area contributed by atoms with E-state index in [1.54, 1.807) is 6.20 Å². The van der Waals surface area contributed by atoms with Crippen molar-refractivity contribution in [2.24, 2.45) is 0 Å². The fraction of sp³-hybridized carbons (Fsp3) is 0.353. The van der Waals surface area contributed by atoms with E-state index >= 15 is 0 Å². The Labute approximate surface area is 146 Å². The number of rotatable bonds is 5. The van der Waals surface area contributed by atoms with E-state index in [0.29, 0.717) is 23.6 Å². The minimum atomic E-state index is 0.0216. The zero-order chi connectivity index (χ0) is 16.8. The second kappa shape index (κ2) is 8.08. The summed E-state index contributed by atoms with van der Waals surface area (Å²) in [7, 11) is 0. The number of nitrogens with zero attached hydrogens (tertiary/aromatic N) is 3. The molecule has 2 heterocycles. The predicted molar refractivity (Wildman–Crippen MR) is 95.2 cm³/mol. The van der Waals surface area contributed by atoms with Gasteiger partial charge in [0.2, 0.25) is 5.91 Å². The quantitative estimate of drug-likeness (QED) is 0.871. The van der Waals surface area contributed by atoms with E-state index in [9.17, 15) is 4.79 Å². The zero-order valence-electron chi connectivity index (χ0n) is 13.3. The molecule has 0 aliphatic carbocycles. The highest BCUT2D eigenvalue weighted by Gasteiger charge is 2.21. The van der Waals surface area contributed by atoms with Crippen LogP contribution in [0.4, 0.5) is 11.5 Å². The number of benzene rings is 1. The molecule has 2 N–H and O–H groups in total. The van der Waals surface area contributed by atoms with Gasteiger partial charge in [0.15, 0.2) is 0 Å². The number of hydrogen-bond acceptors (Lipinski definition) is 5. The van der Waals surface area contributed by atoms with Crippen molar-refractivity contribution < 1.29 is 4.79 Å². The highest BCUT2D eigenvalue weighted by molar-refractivity contribution is 6.29. The van der Waals surface area contributed by atoms with Gasteiger partial charge in [0, 0.05) is 24.8 Å². The summed E-state index contributed by atoms with van der Waals surface area (Å²) >= 11 is 5.84. The van der Waals surface area contributed by atoms with Gasteiger partial charge >= 0.3 is 0 Å². The number of halogens is 1. The van der Waals surface area contributed by atoms with Crippen LogP contribution in [-0.4, -0.2) is 46.5 Å². The molecule has 3 rings (SSSR count). The molecule has 1 fully saturated rings. The summed E-state index contributed by atoms with van der Waals surface area (Å²) in [5.41, 5.74) is 0.832. The first-order valence-corrected chi connectivity index (χ1v) is 8.38. The van der Waals surface area contributed by atoms with Gasteiger partial charge in [-0.2, -0.15) is 0 Å². The van der Waals surface area contributed by atoms with E-state index in [1.807, 2.05) is 30.3 Å². The Morgan fingerprint density at radius 3 is 2.67 bits per heavy atom. The maximum atomic E-state index is 12.1. The third kappa shape index (κ3) is 4.91. The van der Waals surface area contributed by atoms with Crippen LogP contribution in [0.2, 0.25) is 5.15 Å². The maximum absolute atomic E-state index is 12.1. The summed E-state index contributed by atoms with van der Waals surface area (Å²) < 4.78 is 0. The van der Waals surface area contributed by atoms with Crippen LogP contribution >= 0.6 is 11.6 Å². The van der Waals surface area contributed by atoms with Crippen molar-refractivity contribution in [2.45, 2.75) is 18.9 Å². The molecule has 1 aliphatic rings. The number of piperidine rings is 1. The van der Waals surface area contributed by atoms with Gasteiger partial charge in [-0.25, -0.2) is 4.98 Å². The Bertz CT molecular complexity index is 674. The van der Waals surface area contributed by atoms with Crippen LogP contribution in [0.3, 0.4) is 0 Å². The van der Waals surface area contributed by atoms with E-state index in [0.717, 1.165) is 31.6 Å². The van der Waals surface area contributed by atoms with Crippen molar-refractivity contribution >= 4 is 29.0 Å². The summed E-state index contributed by atoms with van der Waals surface area (Å²) in [5, 5.41) is 6.65. The van der Waals surface area contributed by atoms with Crippen molar-refractivity contribution in [2.75, 3.05) is 30.3 Å². The predicted octanol–water partition coefficient (Wildman–Crippen LogP) is 2.65. The number of anilines is 2. The molecule has 1 aliphatic heterocycles. The fourth-order valence-electron chi connectivity index (χ4n) is 2.78. The largest absolute Gasteiger partial charge is 0.366 e. The summed E-state index contributed by atoms with van der Waals surface area (Å²) in [4.78, 5) is 22.5. The molecule has 2 aromatic rings. The standard InChI is InChI=1S/C17H20ClN5O/c18-15-10-19-11-16(22-15)20-14-6-8-23(9-7-14)12-17(24)21-13-4-2-1-3-5-13/h1-5,10-11,14H,6-9,12H2,(H,20,22)(H,21,24). The molecule has 126 valence electrons. The Morgan fingerprint density at radius 2 is 1.96 bits per heavy atom. The Balaban J connectivity index is 1.42. The zero-order valence-corrected chi connectivity index (χ0v) is 14.0. The lowest BCUT2D eigenvalue weighted by molar-refractivity contribution is -0.117. The topological polar surface area (TPSA) is 70.2 Å². The molecule has 1 amide bonds. The Kier molecular flexibility index (Phi) is 5.61. The second-order valence-electron chi connectivity index (χ2n) is 5.84. The highest BCUT2D eigenvalue weighted by atomic mass is 35.5. The number of hydrogen-bond donors (Lipinski definition) is 2. The molecule has 1 aromatic carbocycles. The molecule has 6 nitrogen and oxygen atoms in total. The first kappa shape index (κ1) is 16.7. The number of carbonyl (C=O) groups is 1. The number of likely N-dealkylation sites (tertiary alicyclic amines) is 1. The Hall–Kier alpha value is -2.18. The van der Waals surface area contributed by atoms with Crippen LogP contribution in [0.5, 0.6) is 0 Å². The van der Waals surface area contributed by atoms with Gasteiger partial charge in [-0.1, -0.05) is 29.8 Å². The number of nitrogens with one attached hydrogen (secondary N) is 2. The van der Waals surface area contributed by atoms with Crippen molar-refractivity contribution in [3.8, 4) is 0 Å². The minimum Gasteiger partial charge on any atom is -0.366 e. The Morgan fingerprint density at radius 1 is 1.21 bits per heavy atom. The van der Waals surface area contributed by atoms with E-state index in [1.165, 1.54) is 6.20 Å². The van der Waals surface area contributed by atoms with E-state index in [2.05, 4.69) is 25.5 Å². The lowest BCUT2D eigenvalue weighted by Gasteiger charge is -2.32. The maximum Gasteiger partial charge on any atom is 0.238 e. The van der Waals surface area contributed by atoms with Crippen LogP contribution in [0.25, 0.3) is 0 Å². The molecule has 7 heteroatoms. The molecule has 0 unspecified atom stereocenters. The van der Waals surface area contributed by atoms with E-state index < -0.39 is 0 Å². The average molecular weight is 346 g/mol. The minimum absolute atomic E-state index is 0.0216. The molecule has 0 spiro atoms. The number of aromatic nitrogens is 2. The van der Waals surface area contributed by atoms with Gasteiger partial charge in [0.1, 0.15) is 11.0 Å². The van der Waals surface area contributed by atoms with Gasteiger partial charge in [0.05, 0.1) is 18.9 Å². The van der Waals surface area contributed by atoms with Crippen molar-refractivity contribution in [3.05, 3.63) is 47.9 Å². The highest BCUT2D eigenvalue weighted by Crippen LogP contribution is 2.16. The normalized spacial score (nSPS) is 15.9. The first-order chi connectivity index (χ1) is 11.7. The SMILES string of the molecule is O=C(CN1CCC(Nc2cncc(Cl)n2)CC1)Nc1ccccc1. The summed E-state index contributed by atoms with van der Waals surface area (Å²) in [6.07, 6.45) is 5.09. The summed E-state index contributed by atoms with van der Waals surface area (Å²) in [6, 6.07) is 9.85. The molecule has 0 atom stereocenters. The van der Waals surface area contributed by atoms with Crippen LogP contribution < -0.4 is 10.6 Å². The lowest BCUT2D eigenvalue weighted by atomic mass is 10.1. The molecule has 1 aromatic heterocycles. The molecule has 1 saturated heterocycles. The molecular formula is C17H20ClN5O. The number of carbonyl (C=O) groups excluding carboxylic acids is 1. The average Bonchev–Trinajstić information content (AvgIpc) is 2.57. The third-order valence-electron chi connectivity index (χ3n) is 3.97. The molecular weight excluding hydrogens is 326 g/mol. The second-order valence-corrected chi connectivity index (χ2v) is 6.22. The first-order valence-electron chi connectivity index (χ1n) is 8.00. The fourth-order valence-corrected chi connectivity index (χ4v) is 2.93. The van der Waals surface area contributed by atoms with Crippen LogP contribution in [0.1, 0.15) is 12.8 Å². The van der Waals surface area contributed by atoms with Gasteiger partial charge < -0.3 is 10.6 Å². The summed E-state index contributed by atoms with van der Waals surface area (Å²) in [5.74, 6) is 0.719. The van der Waals surface area contributed by atoms with E-state index in [4.69, 9.17) is 11.6 Å². The molecule has 24 heavy (non-hydrogen) atoms. The molecule has 0 bridgehead atoms. The smallest absolute Gasteiger partial charge is 0.238 e. The number of amides is 1. The van der Waals surface area contributed by atoms with Gasteiger partial charge in [0.25, 0.3) is 0 Å². The lowest BCUT2D eigenvalue weighted by Crippen LogP contribution is -2.42. The monoisotopic (exact) mass is 345 g/mol.